The Morgan fingerprint density at radius 1 is 1.20 bits per heavy atom. The zero-order valence-corrected chi connectivity index (χ0v) is 14.6. The fourth-order valence-corrected chi connectivity index (χ4v) is 2.56. The molecule has 1 aliphatic rings. The molecule has 132 valence electrons. The molecule has 1 amide bonds. The van der Waals surface area contributed by atoms with Gasteiger partial charge in [-0.1, -0.05) is 17.7 Å². The average molecular weight is 341 g/mol. The number of ether oxygens (including phenoxy) is 2. The molecule has 1 fully saturated rings. The summed E-state index contributed by atoms with van der Waals surface area (Å²) in [7, 11) is 0. The van der Waals surface area contributed by atoms with Gasteiger partial charge in [-0.15, -0.1) is 0 Å². The molecule has 1 aromatic heterocycles. The van der Waals surface area contributed by atoms with Crippen molar-refractivity contribution in [3.05, 3.63) is 48.2 Å². The third kappa shape index (κ3) is 4.70. The van der Waals surface area contributed by atoms with E-state index in [1.54, 1.807) is 13.1 Å². The smallest absolute Gasteiger partial charge is 0.265 e. The summed E-state index contributed by atoms with van der Waals surface area (Å²) in [5.74, 6) is 1.36. The van der Waals surface area contributed by atoms with Crippen LogP contribution < -0.4 is 15.0 Å². The molecule has 0 radical (unpaired) electrons. The lowest BCUT2D eigenvalue weighted by atomic mass is 10.2. The summed E-state index contributed by atoms with van der Waals surface area (Å²) < 4.78 is 11.0. The lowest BCUT2D eigenvalue weighted by molar-refractivity contribution is -0.122. The van der Waals surface area contributed by atoms with Crippen LogP contribution >= 0.6 is 0 Å². The van der Waals surface area contributed by atoms with Crippen LogP contribution in [0.1, 0.15) is 12.5 Å². The van der Waals surface area contributed by atoms with Crippen LogP contribution in [0.3, 0.4) is 0 Å². The van der Waals surface area contributed by atoms with Crippen LogP contribution in [0.15, 0.2) is 42.6 Å². The third-order valence-electron chi connectivity index (χ3n) is 4.05. The number of hydrogen-bond acceptors (Lipinski definition) is 5. The Kier molecular flexibility index (Phi) is 5.50. The third-order valence-corrected chi connectivity index (χ3v) is 4.05. The molecule has 1 saturated heterocycles. The number of hydrogen-bond donors (Lipinski definition) is 1. The molecule has 1 atom stereocenters. The Bertz CT molecular complexity index is 695. The highest BCUT2D eigenvalue weighted by Gasteiger charge is 2.16. The fourth-order valence-electron chi connectivity index (χ4n) is 2.56. The molecule has 6 heteroatoms. The zero-order valence-electron chi connectivity index (χ0n) is 14.6. The van der Waals surface area contributed by atoms with E-state index in [2.05, 4.69) is 15.2 Å². The minimum atomic E-state index is -0.596. The van der Waals surface area contributed by atoms with Crippen molar-refractivity contribution in [1.82, 2.24) is 4.98 Å². The Balaban J connectivity index is 1.55. The van der Waals surface area contributed by atoms with Gasteiger partial charge in [-0.05, 0) is 38.1 Å². The maximum absolute atomic E-state index is 12.3. The second-order valence-corrected chi connectivity index (χ2v) is 6.07. The van der Waals surface area contributed by atoms with Crippen molar-refractivity contribution in [1.29, 1.82) is 0 Å². The number of aromatic nitrogens is 1. The van der Waals surface area contributed by atoms with Gasteiger partial charge in [-0.25, -0.2) is 4.98 Å². The predicted molar refractivity (Wildman–Crippen MR) is 97.2 cm³/mol. The van der Waals surface area contributed by atoms with E-state index in [-0.39, 0.29) is 5.91 Å². The fraction of sp³-hybridized carbons (Fsp3) is 0.368. The SMILES string of the molecule is Cc1ccc(O[C@@H](C)C(=O)Nc2ccc(N3CCOCC3)nc2)cc1. The molecular weight excluding hydrogens is 318 g/mol. The summed E-state index contributed by atoms with van der Waals surface area (Å²) >= 11 is 0. The van der Waals surface area contributed by atoms with E-state index in [1.165, 1.54) is 0 Å². The van der Waals surface area contributed by atoms with Gasteiger partial charge in [0.15, 0.2) is 6.10 Å². The summed E-state index contributed by atoms with van der Waals surface area (Å²) in [5, 5.41) is 2.83. The van der Waals surface area contributed by atoms with Gasteiger partial charge in [0.05, 0.1) is 25.1 Å². The first kappa shape index (κ1) is 17.2. The van der Waals surface area contributed by atoms with E-state index >= 15 is 0 Å². The number of carbonyl (C=O) groups excluding carboxylic acids is 1. The van der Waals surface area contributed by atoms with E-state index in [4.69, 9.17) is 9.47 Å². The molecule has 25 heavy (non-hydrogen) atoms. The molecule has 2 heterocycles. The first-order chi connectivity index (χ1) is 12.1. The molecule has 0 bridgehead atoms. The number of nitrogens with one attached hydrogen (secondary N) is 1. The first-order valence-electron chi connectivity index (χ1n) is 8.45. The first-order valence-corrected chi connectivity index (χ1v) is 8.45. The van der Waals surface area contributed by atoms with Crippen LogP contribution in [-0.2, 0) is 9.53 Å². The number of benzene rings is 1. The van der Waals surface area contributed by atoms with Crippen LogP contribution in [0.4, 0.5) is 11.5 Å². The Morgan fingerprint density at radius 3 is 2.56 bits per heavy atom. The van der Waals surface area contributed by atoms with Gasteiger partial charge < -0.3 is 19.7 Å². The molecule has 2 aromatic rings. The number of aryl methyl sites for hydroxylation is 1. The van der Waals surface area contributed by atoms with Gasteiger partial charge >= 0.3 is 0 Å². The molecule has 1 N–H and O–H groups in total. The standard InChI is InChI=1S/C19H23N3O3/c1-14-3-6-17(7-4-14)25-15(2)19(23)21-16-5-8-18(20-13-16)22-9-11-24-12-10-22/h3-8,13,15H,9-12H2,1-2H3,(H,21,23)/t15-/m0/s1. The highest BCUT2D eigenvalue weighted by atomic mass is 16.5. The summed E-state index contributed by atoms with van der Waals surface area (Å²) in [6, 6.07) is 11.4. The van der Waals surface area contributed by atoms with Crippen molar-refractivity contribution in [3.8, 4) is 5.75 Å². The quantitative estimate of drug-likeness (QED) is 0.906. The van der Waals surface area contributed by atoms with Gasteiger partial charge in [0.1, 0.15) is 11.6 Å². The second-order valence-electron chi connectivity index (χ2n) is 6.07. The second kappa shape index (κ2) is 7.98. The Hall–Kier alpha value is -2.60. The number of rotatable bonds is 5. The maximum atomic E-state index is 12.3. The molecule has 3 rings (SSSR count). The van der Waals surface area contributed by atoms with Gasteiger partial charge in [-0.3, -0.25) is 4.79 Å². The summed E-state index contributed by atoms with van der Waals surface area (Å²) in [4.78, 5) is 18.9. The minimum Gasteiger partial charge on any atom is -0.481 e. The Labute approximate surface area is 147 Å². The summed E-state index contributed by atoms with van der Waals surface area (Å²) in [6.45, 7) is 6.83. The molecule has 0 spiro atoms. The van der Waals surface area contributed by atoms with Crippen LogP contribution in [0.2, 0.25) is 0 Å². The molecular formula is C19H23N3O3. The van der Waals surface area contributed by atoms with E-state index in [9.17, 15) is 4.79 Å². The minimum absolute atomic E-state index is 0.207. The number of nitrogens with zero attached hydrogens (tertiary/aromatic N) is 2. The number of morpholine rings is 1. The zero-order chi connectivity index (χ0) is 17.6. The number of carbonyl (C=O) groups is 1. The molecule has 6 nitrogen and oxygen atoms in total. The van der Waals surface area contributed by atoms with E-state index in [0.29, 0.717) is 24.7 Å². The van der Waals surface area contributed by atoms with Crippen LogP contribution in [-0.4, -0.2) is 43.3 Å². The van der Waals surface area contributed by atoms with Gasteiger partial charge in [0, 0.05) is 13.1 Å². The number of anilines is 2. The van der Waals surface area contributed by atoms with Crippen molar-refractivity contribution in [3.63, 3.8) is 0 Å². The van der Waals surface area contributed by atoms with E-state index < -0.39 is 6.10 Å². The Morgan fingerprint density at radius 2 is 1.92 bits per heavy atom. The normalized spacial score (nSPS) is 15.5. The van der Waals surface area contributed by atoms with Crippen LogP contribution in [0, 0.1) is 6.92 Å². The lowest BCUT2D eigenvalue weighted by Crippen LogP contribution is -2.36. The highest BCUT2D eigenvalue weighted by molar-refractivity contribution is 5.94. The van der Waals surface area contributed by atoms with Crippen molar-refractivity contribution in [2.75, 3.05) is 36.5 Å². The molecule has 0 unspecified atom stereocenters. The predicted octanol–water partition coefficient (Wildman–Crippen LogP) is 2.63. The maximum Gasteiger partial charge on any atom is 0.265 e. The van der Waals surface area contributed by atoms with Crippen LogP contribution in [0.25, 0.3) is 0 Å². The topological polar surface area (TPSA) is 63.7 Å². The molecule has 0 aliphatic carbocycles. The molecule has 0 saturated carbocycles. The molecule has 1 aliphatic heterocycles. The van der Waals surface area contributed by atoms with Crippen molar-refractivity contribution in [2.45, 2.75) is 20.0 Å². The van der Waals surface area contributed by atoms with Crippen molar-refractivity contribution < 1.29 is 14.3 Å². The summed E-state index contributed by atoms with van der Waals surface area (Å²) in [6.07, 6.45) is 1.07. The van der Waals surface area contributed by atoms with Gasteiger partial charge in [0.2, 0.25) is 0 Å². The van der Waals surface area contributed by atoms with E-state index in [1.807, 2.05) is 43.3 Å². The van der Waals surface area contributed by atoms with Crippen LogP contribution in [0.5, 0.6) is 5.75 Å². The average Bonchev–Trinajstić information content (AvgIpc) is 2.65. The van der Waals surface area contributed by atoms with Crippen molar-refractivity contribution >= 4 is 17.4 Å². The lowest BCUT2D eigenvalue weighted by Gasteiger charge is -2.27. The largest absolute Gasteiger partial charge is 0.481 e. The molecule has 1 aromatic carbocycles. The number of amides is 1. The number of pyridine rings is 1. The highest BCUT2D eigenvalue weighted by Crippen LogP contribution is 2.17. The summed E-state index contributed by atoms with van der Waals surface area (Å²) in [5.41, 5.74) is 1.80. The van der Waals surface area contributed by atoms with Gasteiger partial charge in [-0.2, -0.15) is 0 Å². The van der Waals surface area contributed by atoms with Gasteiger partial charge in [0.25, 0.3) is 5.91 Å². The monoisotopic (exact) mass is 341 g/mol. The van der Waals surface area contributed by atoms with E-state index in [0.717, 1.165) is 24.5 Å². The van der Waals surface area contributed by atoms with Crippen molar-refractivity contribution in [2.24, 2.45) is 0 Å².